The van der Waals surface area contributed by atoms with Crippen molar-refractivity contribution in [3.05, 3.63) is 0 Å². The molecule has 40 valence electrons. The second-order valence-electron chi connectivity index (χ2n) is 0.733. The number of sulfonamides is 1. The Kier molecular flexibility index (Phi) is 1.88. The van der Waals surface area contributed by atoms with Gasteiger partial charge in [-0.3, -0.25) is 4.79 Å². The van der Waals surface area contributed by atoms with Crippen LogP contribution in [-0.4, -0.2) is 14.0 Å². The van der Waals surface area contributed by atoms with Crippen molar-refractivity contribution >= 4 is 15.6 Å². The maximum atomic E-state index is 9.64. The average Bonchev–Trinajstić information content (AvgIpc) is 1.68. The van der Waals surface area contributed by atoms with E-state index in [0.717, 1.165) is 4.83 Å². The smallest absolute Gasteiger partial charge is 0.284 e. The zero-order chi connectivity index (χ0) is 5.91. The summed E-state index contributed by atoms with van der Waals surface area (Å²) in [7, 11) is -4.03. The minimum atomic E-state index is -4.03. The Morgan fingerprint density at radius 1 is 1.57 bits per heavy atom. The molecule has 0 fully saturated rings. The Labute approximate surface area is 40.5 Å². The minimum Gasteiger partial charge on any atom is -0.284 e. The Bertz CT molecular complexity index is 146. The lowest BCUT2D eigenvalue weighted by Gasteiger charge is -1.80. The summed E-state index contributed by atoms with van der Waals surface area (Å²) in [5.74, 6) is 7.52. The van der Waals surface area contributed by atoms with E-state index in [9.17, 15) is 13.2 Å². The van der Waals surface area contributed by atoms with E-state index in [4.69, 9.17) is 5.84 Å². The molecule has 1 N–H and O–H groups in total. The van der Waals surface area contributed by atoms with Gasteiger partial charge in [0, 0.05) is 0 Å². The summed E-state index contributed by atoms with van der Waals surface area (Å²) in [5.41, 5.74) is -0.396. The zero-order valence-electron chi connectivity index (χ0n) is 3.16. The molecule has 0 saturated heterocycles. The molecule has 0 aliphatic carbocycles. The zero-order valence-corrected chi connectivity index (χ0v) is 3.97. The second-order valence-corrected chi connectivity index (χ2v) is 2.20. The van der Waals surface area contributed by atoms with Gasteiger partial charge < -0.3 is 0 Å². The number of carbonyl (C=O) groups excluding carboxylic acids is 1. The summed E-state index contributed by atoms with van der Waals surface area (Å²) in [6.45, 7) is 0. The van der Waals surface area contributed by atoms with Crippen molar-refractivity contribution in [1.82, 2.24) is 10.7 Å². The van der Waals surface area contributed by atoms with Crippen molar-refractivity contribution in [2.45, 2.75) is 0 Å². The summed E-state index contributed by atoms with van der Waals surface area (Å²) in [4.78, 5) is 10.0. The number of carbonyl (C=O) groups is 1. The summed E-state index contributed by atoms with van der Waals surface area (Å²) >= 11 is 0. The van der Waals surface area contributed by atoms with Gasteiger partial charge in [0.25, 0.3) is 10.0 Å². The number of nitrogens with one attached hydrogen (secondary N) is 1. The van der Waals surface area contributed by atoms with Crippen molar-refractivity contribution < 1.29 is 13.2 Å². The Morgan fingerprint density at radius 2 is 2.00 bits per heavy atom. The van der Waals surface area contributed by atoms with E-state index in [2.05, 4.69) is 0 Å². The Balaban J connectivity index is 4.17. The predicted octanol–water partition coefficient (Wildman–Crippen LogP) is -1.92. The molecule has 0 rings (SSSR count). The topological polar surface area (TPSA) is 85.5 Å². The van der Waals surface area contributed by atoms with Crippen LogP contribution in [0.3, 0.4) is 0 Å². The van der Waals surface area contributed by atoms with Gasteiger partial charge in [-0.25, -0.2) is 8.42 Å². The van der Waals surface area contributed by atoms with Crippen molar-refractivity contribution in [3.8, 4) is 0 Å². The third kappa shape index (κ3) is 2.26. The quantitative estimate of drug-likeness (QED) is 0.342. The highest BCUT2D eigenvalue weighted by Crippen LogP contribution is 1.65. The molecule has 0 aromatic rings. The molecule has 0 heterocycles. The summed E-state index contributed by atoms with van der Waals surface area (Å²) in [6.07, 6.45) is 0. The molecule has 0 unspecified atom stereocenters. The van der Waals surface area contributed by atoms with E-state index in [1.807, 2.05) is 0 Å². The Morgan fingerprint density at radius 3 is 2.00 bits per heavy atom. The van der Waals surface area contributed by atoms with Crippen molar-refractivity contribution in [2.75, 3.05) is 0 Å². The fourth-order valence-corrected chi connectivity index (χ4v) is 0.0645. The molecule has 0 aromatic heterocycles. The fourth-order valence-electron chi connectivity index (χ4n) is 0.0215. The highest BCUT2D eigenvalue weighted by molar-refractivity contribution is 8.02. The van der Waals surface area contributed by atoms with Gasteiger partial charge >= 0.3 is 0 Å². The highest BCUT2D eigenvalue weighted by atomic mass is 32.2. The first kappa shape index (κ1) is 6.54. The largest absolute Gasteiger partial charge is 0.286 e. The maximum absolute atomic E-state index is 9.64. The van der Waals surface area contributed by atoms with E-state index in [1.54, 1.807) is 0 Å². The van der Waals surface area contributed by atoms with Crippen LogP contribution >= 0.6 is 0 Å². The monoisotopic (exact) mass is 122 g/mol. The molecule has 0 spiro atoms. The van der Waals surface area contributed by atoms with E-state index in [-0.39, 0.29) is 0 Å². The SMILES string of the molecule is [N]NS(=O)(=O)C=O. The summed E-state index contributed by atoms with van der Waals surface area (Å²) < 4.78 is 19.3. The molecule has 6 heteroatoms. The first-order chi connectivity index (χ1) is 3.12. The lowest BCUT2D eigenvalue weighted by molar-refractivity contribution is 0.552. The lowest BCUT2D eigenvalue weighted by atomic mass is 11.8. The van der Waals surface area contributed by atoms with Crippen LogP contribution in [-0.2, 0) is 14.8 Å². The van der Waals surface area contributed by atoms with Crippen LogP contribution in [0.5, 0.6) is 0 Å². The third-order valence-electron chi connectivity index (χ3n) is 0.254. The fraction of sp³-hybridized carbons (Fsp3) is 0. The second kappa shape index (κ2) is 2.01. The highest BCUT2D eigenvalue weighted by Gasteiger charge is 2.01. The van der Waals surface area contributed by atoms with Crippen LogP contribution < -0.4 is 10.7 Å². The molecule has 0 aliphatic heterocycles. The van der Waals surface area contributed by atoms with Crippen LogP contribution in [0, 0.1) is 0 Å². The summed E-state index contributed by atoms with van der Waals surface area (Å²) in [5, 5.41) is 0. The third-order valence-corrected chi connectivity index (χ3v) is 0.762. The van der Waals surface area contributed by atoms with Crippen molar-refractivity contribution in [3.63, 3.8) is 0 Å². The average molecular weight is 122 g/mol. The Hall–Kier alpha value is -0.460. The number of nitrogens with zero attached hydrogens (tertiary/aromatic N) is 1. The van der Waals surface area contributed by atoms with Gasteiger partial charge in [0.2, 0.25) is 5.62 Å². The maximum Gasteiger partial charge on any atom is 0.286 e. The van der Waals surface area contributed by atoms with Crippen LogP contribution in [0.2, 0.25) is 0 Å². The first-order valence-corrected chi connectivity index (χ1v) is 2.78. The molecule has 0 atom stereocenters. The molecular formula is CH2N2O3S. The molecule has 0 aromatic carbocycles. The van der Waals surface area contributed by atoms with Gasteiger partial charge in [0.1, 0.15) is 0 Å². The number of rotatable bonds is 2. The first-order valence-electron chi connectivity index (χ1n) is 1.23. The van der Waals surface area contributed by atoms with E-state index in [0.29, 0.717) is 0 Å². The van der Waals surface area contributed by atoms with Gasteiger partial charge in [-0.1, -0.05) is 0 Å². The molecule has 2 radical (unpaired) electrons. The van der Waals surface area contributed by atoms with Crippen LogP contribution in [0.25, 0.3) is 0 Å². The predicted molar refractivity (Wildman–Crippen MR) is 20.9 cm³/mol. The van der Waals surface area contributed by atoms with Gasteiger partial charge in [0.15, 0.2) is 0 Å². The molecule has 0 bridgehead atoms. The van der Waals surface area contributed by atoms with Crippen LogP contribution in [0.15, 0.2) is 0 Å². The van der Waals surface area contributed by atoms with E-state index >= 15 is 0 Å². The number of hydrogen-bond acceptors (Lipinski definition) is 3. The summed E-state index contributed by atoms with van der Waals surface area (Å²) in [6, 6.07) is 0. The minimum absolute atomic E-state index is 0.396. The van der Waals surface area contributed by atoms with Crippen LogP contribution in [0.4, 0.5) is 0 Å². The van der Waals surface area contributed by atoms with E-state index in [1.165, 1.54) is 0 Å². The molecule has 5 nitrogen and oxygen atoms in total. The molecule has 7 heavy (non-hydrogen) atoms. The molecule has 0 amide bonds. The van der Waals surface area contributed by atoms with Crippen molar-refractivity contribution in [2.24, 2.45) is 0 Å². The molecule has 0 saturated carbocycles. The van der Waals surface area contributed by atoms with Gasteiger partial charge in [0.05, 0.1) is 0 Å². The van der Waals surface area contributed by atoms with E-state index < -0.39 is 15.6 Å². The van der Waals surface area contributed by atoms with Crippen molar-refractivity contribution in [1.29, 1.82) is 0 Å². The van der Waals surface area contributed by atoms with Crippen LogP contribution in [0.1, 0.15) is 0 Å². The standard InChI is InChI=1S/CH2N2O3S/c2-3-7(5,6)1-4/h1,3H. The van der Waals surface area contributed by atoms with Gasteiger partial charge in [-0.15, -0.1) is 4.83 Å². The van der Waals surface area contributed by atoms with Gasteiger partial charge in [-0.05, 0) is 5.84 Å². The van der Waals surface area contributed by atoms with Gasteiger partial charge in [-0.2, -0.15) is 0 Å². The number of hydrogen-bond donors (Lipinski definition) is 1. The molecule has 0 aliphatic rings. The lowest BCUT2D eigenvalue weighted by Crippen LogP contribution is -2.21. The normalized spacial score (nSPS) is 11.0. The molecular weight excluding hydrogens is 120 g/mol.